The standard InChI is InChI=1S/C23H29N5O/c1-18(2)28(19-9-4-3-5-10-19)22(29)17-26-13-8-14-27(16-15-26)23-24-20-11-6-7-12-21(20)25-23/h3-7,9-12,18H,8,13-17H2,1-2H3,(H,24,25). The molecular formula is C23H29N5O. The van der Waals surface area contributed by atoms with Gasteiger partial charge in [0.15, 0.2) is 0 Å². The van der Waals surface area contributed by atoms with Crippen LogP contribution in [0.3, 0.4) is 0 Å². The SMILES string of the molecule is CC(C)N(C(=O)CN1CCCN(c2nc3ccccc3[nH]2)CC1)c1ccccc1. The van der Waals surface area contributed by atoms with Gasteiger partial charge in [-0.2, -0.15) is 0 Å². The summed E-state index contributed by atoms with van der Waals surface area (Å²) in [5, 5.41) is 0. The summed E-state index contributed by atoms with van der Waals surface area (Å²) >= 11 is 0. The third-order valence-electron chi connectivity index (χ3n) is 5.44. The molecule has 1 aliphatic heterocycles. The Kier molecular flexibility index (Phi) is 5.81. The molecule has 1 aromatic heterocycles. The van der Waals surface area contributed by atoms with Gasteiger partial charge in [-0.3, -0.25) is 9.69 Å². The Morgan fingerprint density at radius 2 is 1.79 bits per heavy atom. The van der Waals surface area contributed by atoms with Crippen LogP contribution < -0.4 is 9.80 Å². The predicted molar refractivity (Wildman–Crippen MR) is 118 cm³/mol. The van der Waals surface area contributed by atoms with Crippen LogP contribution in [0.2, 0.25) is 0 Å². The maximum Gasteiger partial charge on any atom is 0.241 e. The Balaban J connectivity index is 1.41. The van der Waals surface area contributed by atoms with Crippen LogP contribution >= 0.6 is 0 Å². The molecule has 1 N–H and O–H groups in total. The molecule has 3 aromatic rings. The second-order valence-electron chi connectivity index (χ2n) is 7.89. The van der Waals surface area contributed by atoms with Gasteiger partial charge >= 0.3 is 0 Å². The van der Waals surface area contributed by atoms with Crippen molar-refractivity contribution in [3.63, 3.8) is 0 Å². The zero-order chi connectivity index (χ0) is 20.2. The number of hydrogen-bond donors (Lipinski definition) is 1. The van der Waals surface area contributed by atoms with E-state index in [1.54, 1.807) is 0 Å². The number of benzene rings is 2. The lowest BCUT2D eigenvalue weighted by atomic mass is 10.2. The second kappa shape index (κ2) is 8.66. The van der Waals surface area contributed by atoms with Crippen LogP contribution in [-0.4, -0.2) is 59.5 Å². The minimum Gasteiger partial charge on any atom is -0.341 e. The largest absolute Gasteiger partial charge is 0.341 e. The van der Waals surface area contributed by atoms with Crippen molar-refractivity contribution >= 4 is 28.6 Å². The Hall–Kier alpha value is -2.86. The molecule has 1 fully saturated rings. The molecule has 0 spiro atoms. The van der Waals surface area contributed by atoms with E-state index in [-0.39, 0.29) is 11.9 Å². The summed E-state index contributed by atoms with van der Waals surface area (Å²) in [5.74, 6) is 1.08. The molecule has 0 bridgehead atoms. The topological polar surface area (TPSA) is 55.5 Å². The number of aromatic amines is 1. The molecule has 2 heterocycles. The molecule has 6 heteroatoms. The summed E-state index contributed by atoms with van der Waals surface area (Å²) in [6, 6.07) is 18.2. The van der Waals surface area contributed by atoms with E-state index in [2.05, 4.69) is 34.7 Å². The van der Waals surface area contributed by atoms with E-state index in [0.717, 1.165) is 55.3 Å². The molecule has 0 saturated carbocycles. The van der Waals surface area contributed by atoms with Gasteiger partial charge < -0.3 is 14.8 Å². The van der Waals surface area contributed by atoms with Crippen LogP contribution in [0.25, 0.3) is 11.0 Å². The number of fused-ring (bicyclic) bond motifs is 1. The monoisotopic (exact) mass is 391 g/mol. The third-order valence-corrected chi connectivity index (χ3v) is 5.44. The van der Waals surface area contributed by atoms with E-state index in [9.17, 15) is 4.79 Å². The fourth-order valence-electron chi connectivity index (χ4n) is 4.02. The van der Waals surface area contributed by atoms with Crippen molar-refractivity contribution in [2.75, 3.05) is 42.5 Å². The van der Waals surface area contributed by atoms with Crippen molar-refractivity contribution in [2.45, 2.75) is 26.3 Å². The van der Waals surface area contributed by atoms with Gasteiger partial charge in [-0.05, 0) is 44.5 Å². The molecule has 0 unspecified atom stereocenters. The van der Waals surface area contributed by atoms with Crippen molar-refractivity contribution in [1.82, 2.24) is 14.9 Å². The summed E-state index contributed by atoms with van der Waals surface area (Å²) in [6.07, 6.45) is 1.01. The number of carbonyl (C=O) groups excluding carboxylic acids is 1. The minimum atomic E-state index is 0.129. The summed E-state index contributed by atoms with van der Waals surface area (Å²) < 4.78 is 0. The van der Waals surface area contributed by atoms with E-state index in [4.69, 9.17) is 4.98 Å². The zero-order valence-electron chi connectivity index (χ0n) is 17.2. The number of carbonyl (C=O) groups is 1. The lowest BCUT2D eigenvalue weighted by molar-refractivity contribution is -0.120. The number of amides is 1. The van der Waals surface area contributed by atoms with Crippen LogP contribution in [0.1, 0.15) is 20.3 Å². The van der Waals surface area contributed by atoms with Gasteiger partial charge in [0.2, 0.25) is 11.9 Å². The summed E-state index contributed by atoms with van der Waals surface area (Å²) in [7, 11) is 0. The number of para-hydroxylation sites is 3. The summed E-state index contributed by atoms with van der Waals surface area (Å²) in [4.78, 5) is 27.7. The Bertz CT molecular complexity index is 919. The van der Waals surface area contributed by atoms with Gasteiger partial charge in [-0.15, -0.1) is 0 Å². The molecular weight excluding hydrogens is 362 g/mol. The van der Waals surface area contributed by atoms with Gasteiger partial charge in [-0.25, -0.2) is 4.98 Å². The number of imidazole rings is 1. The van der Waals surface area contributed by atoms with Crippen LogP contribution in [-0.2, 0) is 4.79 Å². The number of nitrogens with zero attached hydrogens (tertiary/aromatic N) is 4. The second-order valence-corrected chi connectivity index (χ2v) is 7.89. The fraction of sp³-hybridized carbons (Fsp3) is 0.391. The molecule has 2 aromatic carbocycles. The Morgan fingerprint density at radius 3 is 2.55 bits per heavy atom. The van der Waals surface area contributed by atoms with Crippen molar-refractivity contribution < 1.29 is 4.79 Å². The van der Waals surface area contributed by atoms with Gasteiger partial charge in [-0.1, -0.05) is 30.3 Å². The average molecular weight is 392 g/mol. The van der Waals surface area contributed by atoms with E-state index < -0.39 is 0 Å². The van der Waals surface area contributed by atoms with Crippen LogP contribution in [0.5, 0.6) is 0 Å². The van der Waals surface area contributed by atoms with E-state index >= 15 is 0 Å². The third kappa shape index (κ3) is 4.43. The molecule has 29 heavy (non-hydrogen) atoms. The predicted octanol–water partition coefficient (Wildman–Crippen LogP) is 3.52. The highest BCUT2D eigenvalue weighted by molar-refractivity contribution is 5.95. The first kappa shape index (κ1) is 19.5. The maximum atomic E-state index is 13.1. The normalized spacial score (nSPS) is 15.6. The summed E-state index contributed by atoms with van der Waals surface area (Å²) in [5.41, 5.74) is 3.02. The Labute approximate surface area is 172 Å². The van der Waals surface area contributed by atoms with Crippen molar-refractivity contribution in [1.29, 1.82) is 0 Å². The number of H-pyrrole nitrogens is 1. The highest BCUT2D eigenvalue weighted by atomic mass is 16.2. The van der Waals surface area contributed by atoms with Crippen molar-refractivity contribution in [2.24, 2.45) is 0 Å². The van der Waals surface area contributed by atoms with E-state index in [1.165, 1.54) is 0 Å². The molecule has 1 saturated heterocycles. The molecule has 0 aliphatic carbocycles. The number of nitrogens with one attached hydrogen (secondary N) is 1. The highest BCUT2D eigenvalue weighted by Crippen LogP contribution is 2.20. The highest BCUT2D eigenvalue weighted by Gasteiger charge is 2.24. The van der Waals surface area contributed by atoms with Gasteiger partial charge in [0.05, 0.1) is 17.6 Å². The molecule has 0 atom stereocenters. The van der Waals surface area contributed by atoms with Crippen molar-refractivity contribution in [3.05, 3.63) is 54.6 Å². The molecule has 0 radical (unpaired) electrons. The maximum absolute atomic E-state index is 13.1. The van der Waals surface area contributed by atoms with Crippen LogP contribution in [0, 0.1) is 0 Å². The first-order chi connectivity index (χ1) is 14.1. The summed E-state index contributed by atoms with van der Waals surface area (Å²) in [6.45, 7) is 8.15. The molecule has 152 valence electrons. The lowest BCUT2D eigenvalue weighted by Gasteiger charge is -2.30. The smallest absolute Gasteiger partial charge is 0.241 e. The number of aromatic nitrogens is 2. The van der Waals surface area contributed by atoms with Crippen LogP contribution in [0.15, 0.2) is 54.6 Å². The quantitative estimate of drug-likeness (QED) is 0.723. The van der Waals surface area contributed by atoms with Gasteiger partial charge in [0.25, 0.3) is 0 Å². The molecule has 1 aliphatic rings. The molecule has 4 rings (SSSR count). The Morgan fingerprint density at radius 1 is 1.03 bits per heavy atom. The van der Waals surface area contributed by atoms with Gasteiger partial charge in [0.1, 0.15) is 0 Å². The molecule has 1 amide bonds. The first-order valence-electron chi connectivity index (χ1n) is 10.4. The first-order valence-corrected chi connectivity index (χ1v) is 10.4. The number of hydrogen-bond acceptors (Lipinski definition) is 4. The van der Waals surface area contributed by atoms with Crippen molar-refractivity contribution in [3.8, 4) is 0 Å². The van der Waals surface area contributed by atoms with E-state index in [0.29, 0.717) is 6.54 Å². The average Bonchev–Trinajstić information content (AvgIpc) is 3.01. The zero-order valence-corrected chi connectivity index (χ0v) is 17.2. The lowest BCUT2D eigenvalue weighted by Crippen LogP contribution is -2.45. The molecule has 6 nitrogen and oxygen atoms in total. The van der Waals surface area contributed by atoms with Crippen LogP contribution in [0.4, 0.5) is 11.6 Å². The van der Waals surface area contributed by atoms with Gasteiger partial charge in [0, 0.05) is 37.9 Å². The number of anilines is 2. The van der Waals surface area contributed by atoms with E-state index in [1.807, 2.05) is 53.4 Å². The number of rotatable bonds is 5. The fourth-order valence-corrected chi connectivity index (χ4v) is 4.02. The minimum absolute atomic E-state index is 0.129.